The van der Waals surface area contributed by atoms with E-state index in [0.717, 1.165) is 37.8 Å². The molecule has 8 heteroatoms. The van der Waals surface area contributed by atoms with Crippen LogP contribution in [0.25, 0.3) is 0 Å². The van der Waals surface area contributed by atoms with E-state index in [9.17, 15) is 18.4 Å². The van der Waals surface area contributed by atoms with Gasteiger partial charge in [0.15, 0.2) is 0 Å². The quantitative estimate of drug-likeness (QED) is 0.872. The lowest BCUT2D eigenvalue weighted by molar-refractivity contribution is -0.122. The molecule has 1 aromatic heterocycles. The summed E-state index contributed by atoms with van der Waals surface area (Å²) in [5, 5.41) is 9.28. The maximum absolute atomic E-state index is 13.6. The molecule has 0 aliphatic heterocycles. The van der Waals surface area contributed by atoms with Gasteiger partial charge in [-0.1, -0.05) is 18.9 Å². The van der Waals surface area contributed by atoms with E-state index in [-0.39, 0.29) is 24.2 Å². The van der Waals surface area contributed by atoms with Crippen molar-refractivity contribution in [2.24, 2.45) is 0 Å². The van der Waals surface area contributed by atoms with Gasteiger partial charge < -0.3 is 10.6 Å². The summed E-state index contributed by atoms with van der Waals surface area (Å²) >= 11 is 0. The Morgan fingerprint density at radius 3 is 2.56 bits per heavy atom. The molecule has 0 atom stereocenters. The minimum atomic E-state index is -0.944. The molecule has 0 bridgehead atoms. The lowest BCUT2D eigenvalue weighted by Gasteiger charge is -2.11. The highest BCUT2D eigenvalue weighted by Crippen LogP contribution is 2.18. The van der Waals surface area contributed by atoms with Gasteiger partial charge in [0.25, 0.3) is 5.91 Å². The van der Waals surface area contributed by atoms with E-state index in [1.807, 2.05) is 0 Å². The summed E-state index contributed by atoms with van der Waals surface area (Å²) in [6, 6.07) is 3.41. The number of carbonyl (C=O) groups excluding carboxylic acids is 2. The molecule has 1 saturated carbocycles. The van der Waals surface area contributed by atoms with Crippen molar-refractivity contribution in [3.05, 3.63) is 47.8 Å². The topological polar surface area (TPSA) is 76.0 Å². The van der Waals surface area contributed by atoms with Crippen molar-refractivity contribution in [1.29, 1.82) is 0 Å². The molecule has 1 fully saturated rings. The number of halogens is 2. The molecular formula is C17H18F2N4O2. The van der Waals surface area contributed by atoms with Crippen molar-refractivity contribution in [3.8, 4) is 0 Å². The lowest BCUT2D eigenvalue weighted by Crippen LogP contribution is -2.35. The van der Waals surface area contributed by atoms with E-state index < -0.39 is 23.1 Å². The summed E-state index contributed by atoms with van der Waals surface area (Å²) in [5.74, 6) is -2.96. The second-order valence-corrected chi connectivity index (χ2v) is 6.03. The number of nitrogens with one attached hydrogen (secondary N) is 2. The van der Waals surface area contributed by atoms with E-state index in [4.69, 9.17) is 0 Å². The van der Waals surface area contributed by atoms with E-state index in [1.165, 1.54) is 23.1 Å². The van der Waals surface area contributed by atoms with Gasteiger partial charge in [-0.15, -0.1) is 0 Å². The van der Waals surface area contributed by atoms with Crippen LogP contribution in [0.3, 0.4) is 0 Å². The second-order valence-electron chi connectivity index (χ2n) is 6.03. The summed E-state index contributed by atoms with van der Waals surface area (Å²) in [6.07, 6.45) is 6.97. The molecule has 1 aliphatic rings. The Kier molecular flexibility index (Phi) is 5.06. The first-order valence-electron chi connectivity index (χ1n) is 8.10. The van der Waals surface area contributed by atoms with Gasteiger partial charge in [0.1, 0.15) is 23.7 Å². The largest absolute Gasteiger partial charge is 0.352 e. The number of hydrogen-bond acceptors (Lipinski definition) is 3. The van der Waals surface area contributed by atoms with E-state index in [2.05, 4.69) is 15.7 Å². The third-order valence-electron chi connectivity index (χ3n) is 4.11. The Hall–Kier alpha value is -2.77. The predicted octanol–water partition coefficient (Wildman–Crippen LogP) is 2.47. The molecule has 0 saturated heterocycles. The Morgan fingerprint density at radius 1 is 1.20 bits per heavy atom. The number of amides is 2. The predicted molar refractivity (Wildman–Crippen MR) is 86.9 cm³/mol. The first kappa shape index (κ1) is 17.1. The molecule has 132 valence electrons. The average molecular weight is 348 g/mol. The van der Waals surface area contributed by atoms with Crippen molar-refractivity contribution in [1.82, 2.24) is 15.1 Å². The van der Waals surface area contributed by atoms with Crippen LogP contribution in [0.15, 0.2) is 30.6 Å². The van der Waals surface area contributed by atoms with E-state index >= 15 is 0 Å². The fraction of sp³-hybridized carbons (Fsp3) is 0.353. The van der Waals surface area contributed by atoms with E-state index in [1.54, 1.807) is 0 Å². The van der Waals surface area contributed by atoms with Crippen LogP contribution in [-0.4, -0.2) is 27.6 Å². The van der Waals surface area contributed by atoms with Crippen LogP contribution < -0.4 is 10.6 Å². The fourth-order valence-electron chi connectivity index (χ4n) is 2.91. The maximum Gasteiger partial charge on any atom is 0.261 e. The zero-order chi connectivity index (χ0) is 17.8. The number of aromatic nitrogens is 2. The standard InChI is InChI=1S/C17H18F2N4O2/c18-13-6-3-7-14(19)16(13)17(25)22-12-8-20-23(9-12)10-15(24)21-11-4-1-2-5-11/h3,6-9,11H,1-2,4-5,10H2,(H,21,24)(H,22,25). The Bertz CT molecular complexity index is 764. The molecule has 25 heavy (non-hydrogen) atoms. The fourth-order valence-corrected chi connectivity index (χ4v) is 2.91. The van der Waals surface area contributed by atoms with Gasteiger partial charge in [-0.3, -0.25) is 14.3 Å². The van der Waals surface area contributed by atoms with Crippen LogP contribution in [0, 0.1) is 11.6 Å². The highest BCUT2D eigenvalue weighted by atomic mass is 19.1. The Balaban J connectivity index is 1.59. The molecule has 0 radical (unpaired) electrons. The second kappa shape index (κ2) is 7.42. The first-order valence-corrected chi connectivity index (χ1v) is 8.10. The summed E-state index contributed by atoms with van der Waals surface area (Å²) in [5.41, 5.74) is -0.407. The third-order valence-corrected chi connectivity index (χ3v) is 4.11. The van der Waals surface area contributed by atoms with Crippen LogP contribution in [0.2, 0.25) is 0 Å². The van der Waals surface area contributed by atoms with Crippen LogP contribution >= 0.6 is 0 Å². The highest BCUT2D eigenvalue weighted by molar-refractivity contribution is 6.04. The van der Waals surface area contributed by atoms with Gasteiger partial charge in [0.05, 0.1) is 11.9 Å². The number of anilines is 1. The third kappa shape index (κ3) is 4.20. The molecule has 2 N–H and O–H groups in total. The molecule has 2 aromatic rings. The molecule has 1 aromatic carbocycles. The number of carbonyl (C=O) groups is 2. The smallest absolute Gasteiger partial charge is 0.261 e. The molecule has 0 spiro atoms. The van der Waals surface area contributed by atoms with Gasteiger partial charge in [0, 0.05) is 12.2 Å². The van der Waals surface area contributed by atoms with Crippen LogP contribution in [-0.2, 0) is 11.3 Å². The lowest BCUT2D eigenvalue weighted by atomic mass is 10.2. The molecule has 1 aliphatic carbocycles. The van der Waals surface area contributed by atoms with Crippen LogP contribution in [0.1, 0.15) is 36.0 Å². The number of rotatable bonds is 5. The zero-order valence-corrected chi connectivity index (χ0v) is 13.5. The van der Waals surface area contributed by atoms with Gasteiger partial charge >= 0.3 is 0 Å². The number of nitrogens with zero attached hydrogens (tertiary/aromatic N) is 2. The normalized spacial score (nSPS) is 14.5. The minimum absolute atomic E-state index is 0.0143. The average Bonchev–Trinajstić information content (AvgIpc) is 3.19. The molecule has 3 rings (SSSR count). The van der Waals surface area contributed by atoms with Crippen LogP contribution in [0.5, 0.6) is 0 Å². The summed E-state index contributed by atoms with van der Waals surface area (Å²) in [4.78, 5) is 24.0. The van der Waals surface area contributed by atoms with Crippen molar-refractivity contribution >= 4 is 17.5 Å². The molecular weight excluding hydrogens is 330 g/mol. The Labute approximate surface area is 143 Å². The van der Waals surface area contributed by atoms with Crippen molar-refractivity contribution in [3.63, 3.8) is 0 Å². The van der Waals surface area contributed by atoms with Crippen molar-refractivity contribution in [2.75, 3.05) is 5.32 Å². The summed E-state index contributed by atoms with van der Waals surface area (Å²) in [7, 11) is 0. The van der Waals surface area contributed by atoms with Crippen molar-refractivity contribution < 1.29 is 18.4 Å². The van der Waals surface area contributed by atoms with E-state index in [0.29, 0.717) is 0 Å². The molecule has 6 nitrogen and oxygen atoms in total. The highest BCUT2D eigenvalue weighted by Gasteiger charge is 2.19. The molecule has 2 amide bonds. The SMILES string of the molecule is O=C(Cn1cc(NC(=O)c2c(F)cccc2F)cn1)NC1CCCC1. The first-order chi connectivity index (χ1) is 12.0. The van der Waals surface area contributed by atoms with Gasteiger partial charge in [-0.25, -0.2) is 8.78 Å². The zero-order valence-electron chi connectivity index (χ0n) is 13.5. The van der Waals surface area contributed by atoms with Gasteiger partial charge in [0.2, 0.25) is 5.91 Å². The monoisotopic (exact) mass is 348 g/mol. The molecule has 1 heterocycles. The number of hydrogen-bond donors (Lipinski definition) is 2. The maximum atomic E-state index is 13.6. The van der Waals surface area contributed by atoms with Crippen molar-refractivity contribution in [2.45, 2.75) is 38.3 Å². The Morgan fingerprint density at radius 2 is 1.88 bits per heavy atom. The van der Waals surface area contributed by atoms with Gasteiger partial charge in [-0.2, -0.15) is 5.10 Å². The number of benzene rings is 1. The summed E-state index contributed by atoms with van der Waals surface area (Å²) < 4.78 is 28.6. The van der Waals surface area contributed by atoms with Gasteiger partial charge in [-0.05, 0) is 25.0 Å². The molecule has 0 unspecified atom stereocenters. The minimum Gasteiger partial charge on any atom is -0.352 e. The summed E-state index contributed by atoms with van der Waals surface area (Å²) in [6.45, 7) is 0.0143. The van der Waals surface area contributed by atoms with Crippen LogP contribution in [0.4, 0.5) is 14.5 Å².